The fourth-order valence-electron chi connectivity index (χ4n) is 1.15. The first-order valence-corrected chi connectivity index (χ1v) is 5.56. The number of amides is 2. The van der Waals surface area contributed by atoms with Crippen LogP contribution in [0.4, 0.5) is 5.69 Å². The molecule has 17 heavy (non-hydrogen) atoms. The lowest BCUT2D eigenvalue weighted by Gasteiger charge is -2.07. The third-order valence-electron chi connectivity index (χ3n) is 1.97. The van der Waals surface area contributed by atoms with Gasteiger partial charge in [0.15, 0.2) is 0 Å². The molecule has 0 saturated carbocycles. The average Bonchev–Trinajstić information content (AvgIpc) is 2.29. The van der Waals surface area contributed by atoms with Gasteiger partial charge in [0.05, 0.1) is 6.07 Å². The number of hydrogen-bond acceptors (Lipinski definition) is 3. The van der Waals surface area contributed by atoms with E-state index in [1.165, 1.54) is 0 Å². The zero-order valence-corrected chi connectivity index (χ0v) is 10.7. The first-order valence-electron chi connectivity index (χ1n) is 4.77. The van der Waals surface area contributed by atoms with Gasteiger partial charge in [-0.3, -0.25) is 9.59 Å². The van der Waals surface area contributed by atoms with Gasteiger partial charge < -0.3 is 10.6 Å². The summed E-state index contributed by atoms with van der Waals surface area (Å²) in [7, 11) is 0. The quantitative estimate of drug-likeness (QED) is 0.638. The number of benzene rings is 1. The number of rotatable bonds is 2. The summed E-state index contributed by atoms with van der Waals surface area (Å²) in [6, 6.07) is 6.99. The van der Waals surface area contributed by atoms with E-state index in [1.54, 1.807) is 18.2 Å². The van der Waals surface area contributed by atoms with Crippen molar-refractivity contribution in [1.82, 2.24) is 5.32 Å². The Morgan fingerprint density at radius 3 is 2.71 bits per heavy atom. The number of nitriles is 1. The van der Waals surface area contributed by atoms with E-state index in [9.17, 15) is 9.59 Å². The van der Waals surface area contributed by atoms with E-state index in [2.05, 4.69) is 26.6 Å². The SMILES string of the molecule is Cc1cc(Br)ccc1NC(=O)C(=O)NCC#N. The van der Waals surface area contributed by atoms with Crippen molar-refractivity contribution in [3.63, 3.8) is 0 Å². The highest BCUT2D eigenvalue weighted by Crippen LogP contribution is 2.19. The molecule has 0 unspecified atom stereocenters. The summed E-state index contributed by atoms with van der Waals surface area (Å²) in [5, 5.41) is 12.9. The van der Waals surface area contributed by atoms with Crippen molar-refractivity contribution in [2.75, 3.05) is 11.9 Å². The zero-order valence-electron chi connectivity index (χ0n) is 9.08. The Bertz CT molecular complexity index is 494. The summed E-state index contributed by atoms with van der Waals surface area (Å²) in [5.41, 5.74) is 1.39. The van der Waals surface area contributed by atoms with E-state index >= 15 is 0 Å². The molecule has 0 spiro atoms. The highest BCUT2D eigenvalue weighted by atomic mass is 79.9. The van der Waals surface area contributed by atoms with Crippen molar-refractivity contribution in [2.24, 2.45) is 0 Å². The lowest BCUT2D eigenvalue weighted by Crippen LogP contribution is -2.35. The molecule has 1 aromatic rings. The molecule has 0 aromatic heterocycles. The molecule has 6 heteroatoms. The standard InChI is InChI=1S/C11H10BrN3O2/c1-7-6-8(12)2-3-9(7)15-11(17)10(16)14-5-4-13/h2-3,6H,5H2,1H3,(H,14,16)(H,15,17). The van der Waals surface area contributed by atoms with E-state index in [1.807, 2.05) is 13.0 Å². The Balaban J connectivity index is 2.68. The largest absolute Gasteiger partial charge is 0.335 e. The van der Waals surface area contributed by atoms with Crippen LogP contribution in [-0.4, -0.2) is 18.4 Å². The molecule has 2 amide bonds. The van der Waals surface area contributed by atoms with E-state index in [0.717, 1.165) is 10.0 Å². The molecular weight excluding hydrogens is 286 g/mol. The van der Waals surface area contributed by atoms with Crippen molar-refractivity contribution < 1.29 is 9.59 Å². The topological polar surface area (TPSA) is 82.0 Å². The number of carbonyl (C=O) groups is 2. The number of anilines is 1. The average molecular weight is 296 g/mol. The number of aryl methyl sites for hydroxylation is 1. The van der Waals surface area contributed by atoms with Crippen LogP contribution in [0, 0.1) is 18.3 Å². The Labute approximate surface area is 107 Å². The van der Waals surface area contributed by atoms with Crippen molar-refractivity contribution in [1.29, 1.82) is 5.26 Å². The highest BCUT2D eigenvalue weighted by Gasteiger charge is 2.13. The van der Waals surface area contributed by atoms with E-state index in [4.69, 9.17) is 5.26 Å². The third kappa shape index (κ3) is 3.89. The van der Waals surface area contributed by atoms with Gasteiger partial charge in [-0.05, 0) is 30.7 Å². The van der Waals surface area contributed by atoms with E-state index in [0.29, 0.717) is 5.69 Å². The number of nitrogens with one attached hydrogen (secondary N) is 2. The van der Waals surface area contributed by atoms with Crippen LogP contribution in [0.3, 0.4) is 0 Å². The Kier molecular flexibility index (Phi) is 4.67. The molecular formula is C11H10BrN3O2. The van der Waals surface area contributed by atoms with Crippen molar-refractivity contribution in [3.05, 3.63) is 28.2 Å². The second-order valence-electron chi connectivity index (χ2n) is 3.25. The summed E-state index contributed by atoms with van der Waals surface area (Å²) in [4.78, 5) is 22.6. The van der Waals surface area contributed by atoms with Gasteiger partial charge in [-0.15, -0.1) is 0 Å². The lowest BCUT2D eigenvalue weighted by molar-refractivity contribution is -0.136. The molecule has 0 radical (unpaired) electrons. The Hall–Kier alpha value is -1.87. The van der Waals surface area contributed by atoms with Gasteiger partial charge in [-0.1, -0.05) is 15.9 Å². The summed E-state index contributed by atoms with van der Waals surface area (Å²) in [6.45, 7) is 1.62. The molecule has 5 nitrogen and oxygen atoms in total. The van der Waals surface area contributed by atoms with Gasteiger partial charge in [-0.2, -0.15) is 5.26 Å². The molecule has 0 fully saturated rings. The smallest absolute Gasteiger partial charge is 0.313 e. The van der Waals surface area contributed by atoms with Crippen molar-refractivity contribution in [2.45, 2.75) is 6.92 Å². The van der Waals surface area contributed by atoms with Crippen LogP contribution in [0.25, 0.3) is 0 Å². The Morgan fingerprint density at radius 2 is 2.12 bits per heavy atom. The fraction of sp³-hybridized carbons (Fsp3) is 0.182. The van der Waals surface area contributed by atoms with Gasteiger partial charge >= 0.3 is 11.8 Å². The maximum Gasteiger partial charge on any atom is 0.313 e. The number of hydrogen-bond donors (Lipinski definition) is 2. The lowest BCUT2D eigenvalue weighted by atomic mass is 10.2. The minimum absolute atomic E-state index is 0.189. The maximum absolute atomic E-state index is 11.4. The third-order valence-corrected chi connectivity index (χ3v) is 2.46. The minimum atomic E-state index is -0.825. The minimum Gasteiger partial charge on any atom is -0.335 e. The predicted molar refractivity (Wildman–Crippen MR) is 66.1 cm³/mol. The van der Waals surface area contributed by atoms with Gasteiger partial charge in [-0.25, -0.2) is 0 Å². The van der Waals surface area contributed by atoms with Crippen LogP contribution in [0.5, 0.6) is 0 Å². The van der Waals surface area contributed by atoms with Crippen molar-refractivity contribution in [3.8, 4) is 6.07 Å². The van der Waals surface area contributed by atoms with Crippen molar-refractivity contribution >= 4 is 33.4 Å². The van der Waals surface area contributed by atoms with Gasteiger partial charge in [0.1, 0.15) is 6.54 Å². The fourth-order valence-corrected chi connectivity index (χ4v) is 1.62. The monoisotopic (exact) mass is 295 g/mol. The van der Waals surface area contributed by atoms with Gasteiger partial charge in [0.25, 0.3) is 0 Å². The second-order valence-corrected chi connectivity index (χ2v) is 4.17. The van der Waals surface area contributed by atoms with Gasteiger partial charge in [0, 0.05) is 10.2 Å². The molecule has 0 heterocycles. The molecule has 0 atom stereocenters. The summed E-state index contributed by atoms with van der Waals surface area (Å²) in [6.07, 6.45) is 0. The molecule has 0 saturated heterocycles. The second kappa shape index (κ2) is 6.01. The molecule has 2 N–H and O–H groups in total. The normalized spacial score (nSPS) is 9.24. The van der Waals surface area contributed by atoms with Gasteiger partial charge in [0.2, 0.25) is 0 Å². The summed E-state index contributed by atoms with van der Waals surface area (Å²) < 4.78 is 0.891. The number of nitrogens with zero attached hydrogens (tertiary/aromatic N) is 1. The van der Waals surface area contributed by atoms with Crippen LogP contribution in [0.1, 0.15) is 5.56 Å². The molecule has 0 aliphatic rings. The van der Waals surface area contributed by atoms with Crippen LogP contribution >= 0.6 is 15.9 Å². The zero-order chi connectivity index (χ0) is 12.8. The van der Waals surface area contributed by atoms with Crippen LogP contribution in [0.15, 0.2) is 22.7 Å². The molecule has 88 valence electrons. The number of carbonyl (C=O) groups excluding carboxylic acids is 2. The molecule has 1 rings (SSSR count). The van der Waals surface area contributed by atoms with Crippen LogP contribution in [0.2, 0.25) is 0 Å². The first-order chi connectivity index (χ1) is 8.04. The molecule has 1 aromatic carbocycles. The van der Waals surface area contributed by atoms with E-state index in [-0.39, 0.29) is 6.54 Å². The number of halogens is 1. The highest BCUT2D eigenvalue weighted by molar-refractivity contribution is 9.10. The van der Waals surface area contributed by atoms with Crippen LogP contribution in [-0.2, 0) is 9.59 Å². The van der Waals surface area contributed by atoms with E-state index < -0.39 is 11.8 Å². The summed E-state index contributed by atoms with van der Waals surface area (Å²) >= 11 is 3.30. The Morgan fingerprint density at radius 1 is 1.41 bits per heavy atom. The molecule has 0 aliphatic carbocycles. The first kappa shape index (κ1) is 13.2. The summed E-state index contributed by atoms with van der Waals surface area (Å²) in [5.74, 6) is -1.61. The molecule has 0 bridgehead atoms. The van der Waals surface area contributed by atoms with Crippen LogP contribution < -0.4 is 10.6 Å². The maximum atomic E-state index is 11.4. The molecule has 0 aliphatic heterocycles. The predicted octanol–water partition coefficient (Wildman–Crippen LogP) is 1.34.